The molecule has 4 aromatic rings. The van der Waals surface area contributed by atoms with Gasteiger partial charge in [0.15, 0.2) is 6.20 Å². The van der Waals surface area contributed by atoms with Crippen molar-refractivity contribution < 1.29 is 33.6 Å². The van der Waals surface area contributed by atoms with Crippen LogP contribution in [0.2, 0.25) is 0 Å². The zero-order valence-electron chi connectivity index (χ0n) is 34.5. The van der Waals surface area contributed by atoms with Crippen LogP contribution in [-0.2, 0) is 40.3 Å². The quantitative estimate of drug-likeness (QED) is 0.0636. The van der Waals surface area contributed by atoms with Crippen LogP contribution < -0.4 is 26.3 Å². The van der Waals surface area contributed by atoms with Gasteiger partial charge in [0, 0.05) is 37.0 Å². The van der Waals surface area contributed by atoms with Crippen LogP contribution in [0.1, 0.15) is 99.3 Å². The number of nitrogens with one attached hydrogen (secondary N) is 5. The second-order valence-corrected chi connectivity index (χ2v) is 17.6. The van der Waals surface area contributed by atoms with E-state index in [1.54, 1.807) is 45.4 Å². The molecule has 58 heavy (non-hydrogen) atoms. The number of rotatable bonds is 21. The van der Waals surface area contributed by atoms with E-state index in [1.165, 1.54) is 16.2 Å². The summed E-state index contributed by atoms with van der Waals surface area (Å²) in [6.45, 7) is 10.4. The number of nitrogens with zero attached hydrogens (tertiary/aromatic N) is 2. The first-order chi connectivity index (χ1) is 27.7. The molecule has 3 unspecified atom stereocenters. The Labute approximate surface area is 350 Å². The molecule has 0 saturated carbocycles. The number of benzene rings is 2. The van der Waals surface area contributed by atoms with E-state index in [2.05, 4.69) is 45.1 Å². The van der Waals surface area contributed by atoms with E-state index in [1.807, 2.05) is 71.6 Å². The molecular formula is C43H60N7O6S2+. The van der Waals surface area contributed by atoms with Crippen LogP contribution in [-0.4, -0.2) is 71.3 Å². The van der Waals surface area contributed by atoms with Crippen molar-refractivity contribution in [2.24, 2.45) is 0 Å². The Morgan fingerprint density at radius 1 is 0.828 bits per heavy atom. The Morgan fingerprint density at radius 3 is 2.03 bits per heavy atom. The lowest BCUT2D eigenvalue weighted by atomic mass is 9.95. The Balaban J connectivity index is 1.46. The Bertz CT molecular complexity index is 1830. The molecule has 2 heterocycles. The number of amides is 5. The minimum absolute atomic E-state index is 0.160. The number of H-pyrrole nitrogens is 1. The lowest BCUT2D eigenvalue weighted by Crippen LogP contribution is -2.52. The lowest BCUT2D eigenvalue weighted by molar-refractivity contribution is -0.371. The van der Waals surface area contributed by atoms with E-state index in [4.69, 9.17) is 9.47 Å². The third-order valence-electron chi connectivity index (χ3n) is 9.06. The number of aromatic nitrogens is 2. The van der Waals surface area contributed by atoms with Gasteiger partial charge in [-0.2, -0.15) is 0 Å². The predicted molar refractivity (Wildman–Crippen MR) is 228 cm³/mol. The summed E-state index contributed by atoms with van der Waals surface area (Å²) in [5, 5.41) is 15.0. The topological polar surface area (TPSA) is 165 Å². The van der Waals surface area contributed by atoms with Crippen LogP contribution >= 0.6 is 22.7 Å². The summed E-state index contributed by atoms with van der Waals surface area (Å²) < 4.78 is 10.9. The molecule has 0 aliphatic rings. The molecule has 3 atom stereocenters. The number of hydrogen-bond donors (Lipinski definition) is 4. The Kier molecular flexibility index (Phi) is 18.4. The number of unbranched alkanes of at least 4 members (excludes halogenated alkanes) is 1. The number of hydrogen-bond acceptors (Lipinski definition) is 9. The van der Waals surface area contributed by atoms with E-state index in [-0.39, 0.29) is 30.5 Å². The molecule has 0 saturated heterocycles. The van der Waals surface area contributed by atoms with Crippen LogP contribution in [0.3, 0.4) is 0 Å². The minimum Gasteiger partial charge on any atom is -0.444 e. The standard InChI is InChI=1S/C43H59N7O6S2/c1-30(2)39-47-35(28-57-39)26-50(6)40(52)49-37(19-13-14-22-45-41(53)56-43(3,4)5)38(51)46-33(23-31-15-9-7-10-16-31)20-21-34(24-32-17-11-8-12-18-32)48-42(54)55-27-36-25-44-29-58-36/h7-12,15-18,25,28-30,33-34,37H,13-14,19-24,26-27H2,1-6H3,(H,45,53)(H,46,51)(H,48,54)(H,49,52)/p+1. The van der Waals surface area contributed by atoms with E-state index in [9.17, 15) is 19.2 Å². The third kappa shape index (κ3) is 17.2. The molecule has 5 N–H and O–H groups in total. The van der Waals surface area contributed by atoms with Crippen molar-refractivity contribution in [3.05, 3.63) is 104 Å². The maximum absolute atomic E-state index is 14.2. The smallest absolute Gasteiger partial charge is 0.407 e. The number of ether oxygens (including phenoxy) is 2. The van der Waals surface area contributed by atoms with Gasteiger partial charge < -0.3 is 35.6 Å². The molecule has 4 rings (SSSR count). The highest BCUT2D eigenvalue weighted by molar-refractivity contribution is 7.09. The first kappa shape index (κ1) is 45.7. The van der Waals surface area contributed by atoms with Gasteiger partial charge in [-0.1, -0.05) is 85.8 Å². The highest BCUT2D eigenvalue weighted by atomic mass is 32.1. The maximum Gasteiger partial charge on any atom is 0.407 e. The van der Waals surface area contributed by atoms with Crippen LogP contribution in [0.4, 0.5) is 14.4 Å². The van der Waals surface area contributed by atoms with Gasteiger partial charge in [0.1, 0.15) is 23.1 Å². The molecule has 0 radical (unpaired) electrons. The van der Waals surface area contributed by atoms with Crippen LogP contribution in [0, 0.1) is 0 Å². The molecule has 13 nitrogen and oxygen atoms in total. The van der Waals surface area contributed by atoms with Gasteiger partial charge in [0.05, 0.1) is 17.2 Å². The summed E-state index contributed by atoms with van der Waals surface area (Å²) in [4.78, 5) is 63.1. The van der Waals surface area contributed by atoms with E-state index < -0.39 is 29.9 Å². The number of thiazole rings is 2. The van der Waals surface area contributed by atoms with Crippen molar-refractivity contribution in [3.8, 4) is 0 Å². The molecule has 2 aromatic heterocycles. The molecule has 0 fully saturated rings. The Hall–Kier alpha value is -5.02. The summed E-state index contributed by atoms with van der Waals surface area (Å²) in [6, 6.07) is 18.0. The second kappa shape index (κ2) is 23.4. The van der Waals surface area contributed by atoms with Crippen molar-refractivity contribution in [2.75, 3.05) is 13.6 Å². The molecule has 0 aliphatic heterocycles. The Morgan fingerprint density at radius 2 is 1.47 bits per heavy atom. The number of carbonyl (C=O) groups is 4. The van der Waals surface area contributed by atoms with E-state index in [0.29, 0.717) is 58.0 Å². The average Bonchev–Trinajstić information content (AvgIpc) is 3.88. The summed E-state index contributed by atoms with van der Waals surface area (Å²) in [5.41, 5.74) is 4.11. The summed E-state index contributed by atoms with van der Waals surface area (Å²) in [5.74, 6) is -0.0219. The second-order valence-electron chi connectivity index (χ2n) is 15.7. The monoisotopic (exact) mass is 834 g/mol. The molecule has 2 aromatic carbocycles. The van der Waals surface area contributed by atoms with Crippen molar-refractivity contribution >= 4 is 46.8 Å². The van der Waals surface area contributed by atoms with Gasteiger partial charge in [-0.25, -0.2) is 24.4 Å². The fourth-order valence-corrected chi connectivity index (χ4v) is 7.50. The predicted octanol–water partition coefficient (Wildman–Crippen LogP) is 7.39. The van der Waals surface area contributed by atoms with Crippen LogP contribution in [0.15, 0.2) is 77.8 Å². The van der Waals surface area contributed by atoms with Gasteiger partial charge in [0.2, 0.25) is 11.4 Å². The van der Waals surface area contributed by atoms with E-state index >= 15 is 0 Å². The zero-order valence-corrected chi connectivity index (χ0v) is 36.2. The lowest BCUT2D eigenvalue weighted by Gasteiger charge is -2.27. The zero-order chi connectivity index (χ0) is 41.9. The molecule has 5 amide bonds. The highest BCUT2D eigenvalue weighted by Gasteiger charge is 2.26. The molecular weight excluding hydrogens is 775 g/mol. The summed E-state index contributed by atoms with van der Waals surface area (Å²) in [6.07, 6.45) is 4.49. The summed E-state index contributed by atoms with van der Waals surface area (Å²) >= 11 is 3.04. The van der Waals surface area contributed by atoms with Crippen LogP contribution in [0.5, 0.6) is 0 Å². The van der Waals surface area contributed by atoms with Gasteiger partial charge in [-0.05, 0) is 76.8 Å². The minimum atomic E-state index is -0.848. The van der Waals surface area contributed by atoms with Crippen molar-refractivity contribution in [1.82, 2.24) is 31.2 Å². The van der Waals surface area contributed by atoms with Crippen LogP contribution in [0.25, 0.3) is 0 Å². The largest absolute Gasteiger partial charge is 0.444 e. The van der Waals surface area contributed by atoms with Crippen molar-refractivity contribution in [1.29, 1.82) is 0 Å². The van der Waals surface area contributed by atoms with E-state index in [0.717, 1.165) is 26.7 Å². The molecule has 15 heteroatoms. The number of carbonyl (C=O) groups excluding carboxylic acids is 4. The normalized spacial score (nSPS) is 12.9. The molecule has 0 spiro atoms. The van der Waals surface area contributed by atoms with Gasteiger partial charge >= 0.3 is 18.2 Å². The van der Waals surface area contributed by atoms with Crippen molar-refractivity contribution in [2.45, 2.75) is 122 Å². The van der Waals surface area contributed by atoms with Crippen molar-refractivity contribution in [3.63, 3.8) is 0 Å². The average molecular weight is 835 g/mol. The SMILES string of the molecule is CC(C)c1nc(CN(C)C(=O)NC(CCCCNC(=O)OC(C)(C)C)C(=O)NC(CCC(Cc2ccccc2)NC(=O)OCc2c[nH+]cs2)Cc2ccccc2)cs1. The first-order valence-corrected chi connectivity index (χ1v) is 21.7. The number of aromatic amines is 1. The van der Waals surface area contributed by atoms with Gasteiger partial charge in [-0.3, -0.25) is 4.79 Å². The highest BCUT2D eigenvalue weighted by Crippen LogP contribution is 2.20. The van der Waals surface area contributed by atoms with Gasteiger partial charge in [-0.15, -0.1) is 11.3 Å². The molecule has 314 valence electrons. The number of alkyl carbamates (subject to hydrolysis) is 2. The fourth-order valence-electron chi connectivity index (χ4n) is 6.12. The van der Waals surface area contributed by atoms with Gasteiger partial charge in [0.25, 0.3) is 0 Å². The molecule has 0 aliphatic carbocycles. The fraction of sp³-hybridized carbons (Fsp3) is 0.488. The maximum atomic E-state index is 14.2. The summed E-state index contributed by atoms with van der Waals surface area (Å²) in [7, 11) is 1.69. The number of urea groups is 1. The third-order valence-corrected chi connectivity index (χ3v) is 11.0. The molecule has 0 bridgehead atoms. The first-order valence-electron chi connectivity index (χ1n) is 19.9.